The SMILES string of the molecule is COC(=O)C[C@H](C)N[C@@H](C)Cc1ccccc1. The van der Waals surface area contributed by atoms with Gasteiger partial charge >= 0.3 is 5.97 Å². The Kier molecular flexibility index (Phi) is 5.70. The van der Waals surface area contributed by atoms with E-state index in [2.05, 4.69) is 29.1 Å². The maximum Gasteiger partial charge on any atom is 0.307 e. The van der Waals surface area contributed by atoms with E-state index in [0.717, 1.165) is 6.42 Å². The Bertz CT molecular complexity index is 337. The van der Waals surface area contributed by atoms with E-state index < -0.39 is 0 Å². The summed E-state index contributed by atoms with van der Waals surface area (Å²) in [5, 5.41) is 3.39. The molecule has 0 aliphatic heterocycles. The van der Waals surface area contributed by atoms with Gasteiger partial charge in [0.2, 0.25) is 0 Å². The first-order valence-corrected chi connectivity index (χ1v) is 5.98. The molecule has 3 heteroatoms. The number of carbonyl (C=O) groups is 1. The van der Waals surface area contributed by atoms with Gasteiger partial charge in [0, 0.05) is 12.1 Å². The van der Waals surface area contributed by atoms with Crippen LogP contribution < -0.4 is 5.32 Å². The summed E-state index contributed by atoms with van der Waals surface area (Å²) < 4.78 is 4.64. The predicted molar refractivity (Wildman–Crippen MR) is 68.8 cm³/mol. The minimum absolute atomic E-state index is 0.140. The normalized spacial score (nSPS) is 14.1. The van der Waals surface area contributed by atoms with Crippen molar-refractivity contribution in [1.82, 2.24) is 5.32 Å². The molecule has 1 N–H and O–H groups in total. The van der Waals surface area contributed by atoms with Crippen molar-refractivity contribution in [3.05, 3.63) is 35.9 Å². The Hall–Kier alpha value is -1.35. The van der Waals surface area contributed by atoms with Gasteiger partial charge in [0.05, 0.1) is 13.5 Å². The van der Waals surface area contributed by atoms with Crippen molar-refractivity contribution in [2.75, 3.05) is 7.11 Å². The molecule has 0 amide bonds. The third-order valence-electron chi connectivity index (χ3n) is 2.65. The number of hydrogen-bond donors (Lipinski definition) is 1. The predicted octanol–water partition coefficient (Wildman–Crippen LogP) is 2.16. The lowest BCUT2D eigenvalue weighted by molar-refractivity contribution is -0.141. The monoisotopic (exact) mass is 235 g/mol. The van der Waals surface area contributed by atoms with E-state index in [1.807, 2.05) is 25.1 Å². The molecule has 17 heavy (non-hydrogen) atoms. The average Bonchev–Trinajstić information content (AvgIpc) is 2.29. The van der Waals surface area contributed by atoms with Crippen LogP contribution in [0.4, 0.5) is 0 Å². The highest BCUT2D eigenvalue weighted by Crippen LogP contribution is 2.04. The van der Waals surface area contributed by atoms with Crippen molar-refractivity contribution in [3.8, 4) is 0 Å². The Morgan fingerprint density at radius 3 is 2.47 bits per heavy atom. The standard InChI is InChI=1S/C14H21NO2/c1-11(9-13-7-5-4-6-8-13)15-12(2)10-14(16)17-3/h4-8,11-12,15H,9-10H2,1-3H3/t11-,12-/m0/s1. The zero-order chi connectivity index (χ0) is 12.7. The number of carbonyl (C=O) groups excluding carboxylic acids is 1. The van der Waals surface area contributed by atoms with Crippen LogP contribution in [0.25, 0.3) is 0 Å². The van der Waals surface area contributed by atoms with Crippen LogP contribution in [0.2, 0.25) is 0 Å². The first-order chi connectivity index (χ1) is 8.11. The molecule has 0 aromatic heterocycles. The second-order valence-corrected chi connectivity index (χ2v) is 4.44. The van der Waals surface area contributed by atoms with Crippen LogP contribution >= 0.6 is 0 Å². The van der Waals surface area contributed by atoms with E-state index in [-0.39, 0.29) is 12.0 Å². The summed E-state index contributed by atoms with van der Waals surface area (Å²) in [5.41, 5.74) is 1.30. The number of rotatable bonds is 6. The number of nitrogens with one attached hydrogen (secondary N) is 1. The molecule has 0 aliphatic rings. The van der Waals surface area contributed by atoms with Crippen LogP contribution in [0.1, 0.15) is 25.8 Å². The minimum atomic E-state index is -0.170. The molecule has 0 fully saturated rings. The van der Waals surface area contributed by atoms with Gasteiger partial charge in [-0.05, 0) is 25.8 Å². The molecular weight excluding hydrogens is 214 g/mol. The summed E-state index contributed by atoms with van der Waals surface area (Å²) in [6, 6.07) is 10.8. The van der Waals surface area contributed by atoms with Gasteiger partial charge in [-0.25, -0.2) is 0 Å². The summed E-state index contributed by atoms with van der Waals surface area (Å²) in [5.74, 6) is -0.170. The maximum absolute atomic E-state index is 11.1. The van der Waals surface area contributed by atoms with Crippen molar-refractivity contribution in [2.24, 2.45) is 0 Å². The zero-order valence-corrected chi connectivity index (χ0v) is 10.8. The van der Waals surface area contributed by atoms with E-state index in [1.54, 1.807) is 0 Å². The molecule has 0 unspecified atom stereocenters. The van der Waals surface area contributed by atoms with Gasteiger partial charge in [0.15, 0.2) is 0 Å². The number of benzene rings is 1. The largest absolute Gasteiger partial charge is 0.469 e. The van der Waals surface area contributed by atoms with E-state index in [9.17, 15) is 4.79 Å². The van der Waals surface area contributed by atoms with Gasteiger partial charge in [0.25, 0.3) is 0 Å². The summed E-state index contributed by atoms with van der Waals surface area (Å²) in [4.78, 5) is 11.1. The quantitative estimate of drug-likeness (QED) is 0.768. The molecule has 94 valence electrons. The fourth-order valence-corrected chi connectivity index (χ4v) is 1.90. The molecule has 0 heterocycles. The van der Waals surface area contributed by atoms with Crippen LogP contribution in [-0.4, -0.2) is 25.2 Å². The average molecular weight is 235 g/mol. The fraction of sp³-hybridized carbons (Fsp3) is 0.500. The van der Waals surface area contributed by atoms with Crippen LogP contribution in [0.3, 0.4) is 0 Å². The van der Waals surface area contributed by atoms with Gasteiger partial charge in [0.1, 0.15) is 0 Å². The molecule has 1 rings (SSSR count). The number of methoxy groups -OCH3 is 1. The molecule has 1 aromatic rings. The van der Waals surface area contributed by atoms with Gasteiger partial charge < -0.3 is 10.1 Å². The van der Waals surface area contributed by atoms with Crippen LogP contribution in [0.15, 0.2) is 30.3 Å². The van der Waals surface area contributed by atoms with Crippen molar-refractivity contribution < 1.29 is 9.53 Å². The third-order valence-corrected chi connectivity index (χ3v) is 2.65. The molecule has 0 saturated carbocycles. The molecule has 1 aromatic carbocycles. The lowest BCUT2D eigenvalue weighted by atomic mass is 10.1. The topological polar surface area (TPSA) is 38.3 Å². The Labute approximate surface area is 103 Å². The third kappa shape index (κ3) is 5.50. The van der Waals surface area contributed by atoms with Crippen molar-refractivity contribution in [3.63, 3.8) is 0 Å². The first kappa shape index (κ1) is 13.7. The lowest BCUT2D eigenvalue weighted by Gasteiger charge is -2.19. The van der Waals surface area contributed by atoms with Gasteiger partial charge in [-0.2, -0.15) is 0 Å². The fourth-order valence-electron chi connectivity index (χ4n) is 1.90. The molecule has 0 aliphatic carbocycles. The van der Waals surface area contributed by atoms with Crippen LogP contribution in [0, 0.1) is 0 Å². The van der Waals surface area contributed by atoms with Crippen LogP contribution in [0.5, 0.6) is 0 Å². The Morgan fingerprint density at radius 2 is 1.88 bits per heavy atom. The van der Waals surface area contributed by atoms with Gasteiger partial charge in [-0.15, -0.1) is 0 Å². The van der Waals surface area contributed by atoms with Crippen LogP contribution in [-0.2, 0) is 16.0 Å². The maximum atomic E-state index is 11.1. The Balaban J connectivity index is 2.34. The van der Waals surface area contributed by atoms with Crippen molar-refractivity contribution >= 4 is 5.97 Å². The second kappa shape index (κ2) is 7.07. The van der Waals surface area contributed by atoms with Gasteiger partial charge in [-0.3, -0.25) is 4.79 Å². The lowest BCUT2D eigenvalue weighted by Crippen LogP contribution is -2.37. The Morgan fingerprint density at radius 1 is 1.24 bits per heavy atom. The highest BCUT2D eigenvalue weighted by molar-refractivity contribution is 5.69. The molecule has 2 atom stereocenters. The molecule has 3 nitrogen and oxygen atoms in total. The molecular formula is C14H21NO2. The van der Waals surface area contributed by atoms with E-state index in [0.29, 0.717) is 12.5 Å². The van der Waals surface area contributed by atoms with Crippen molar-refractivity contribution in [1.29, 1.82) is 0 Å². The van der Waals surface area contributed by atoms with E-state index in [1.165, 1.54) is 12.7 Å². The number of esters is 1. The van der Waals surface area contributed by atoms with E-state index in [4.69, 9.17) is 0 Å². The summed E-state index contributed by atoms with van der Waals surface area (Å²) in [6.07, 6.45) is 1.38. The summed E-state index contributed by atoms with van der Waals surface area (Å²) >= 11 is 0. The van der Waals surface area contributed by atoms with E-state index >= 15 is 0 Å². The molecule has 0 spiro atoms. The number of hydrogen-bond acceptors (Lipinski definition) is 3. The molecule has 0 radical (unpaired) electrons. The summed E-state index contributed by atoms with van der Waals surface area (Å²) in [6.45, 7) is 4.12. The first-order valence-electron chi connectivity index (χ1n) is 5.98. The molecule has 0 bridgehead atoms. The minimum Gasteiger partial charge on any atom is -0.469 e. The highest BCUT2D eigenvalue weighted by atomic mass is 16.5. The number of ether oxygens (including phenoxy) is 1. The highest BCUT2D eigenvalue weighted by Gasteiger charge is 2.12. The smallest absolute Gasteiger partial charge is 0.307 e. The summed E-state index contributed by atoms with van der Waals surface area (Å²) in [7, 11) is 1.42. The second-order valence-electron chi connectivity index (χ2n) is 4.44. The zero-order valence-electron chi connectivity index (χ0n) is 10.8. The van der Waals surface area contributed by atoms with Crippen molar-refractivity contribution in [2.45, 2.75) is 38.8 Å². The van der Waals surface area contributed by atoms with Gasteiger partial charge in [-0.1, -0.05) is 30.3 Å². The molecule has 0 saturated heterocycles.